The number of carbonyl (C=O) groups excluding carboxylic acids is 1. The van der Waals surface area contributed by atoms with Crippen molar-refractivity contribution in [2.45, 2.75) is 33.0 Å². The fourth-order valence-electron chi connectivity index (χ4n) is 3.15. The maximum Gasteiger partial charge on any atom is 0.273 e. The van der Waals surface area contributed by atoms with Gasteiger partial charge in [0.1, 0.15) is 6.26 Å². The van der Waals surface area contributed by atoms with Gasteiger partial charge in [0.15, 0.2) is 5.69 Å². The number of hydrogen-bond acceptors (Lipinski definition) is 6. The standard InChI is InChI=1S/C21H30N4O3/c1-16(2)19(26)13-24-8-10-25(11-9-24)14-20-23-18(15-28-20)21(27)22-12-17-6-4-3-5-7-17/h3-7,15-16,19,26H,8-14H2,1-2H3,(H,22,27)/t19-/m1/s1. The van der Waals surface area contributed by atoms with Crippen molar-refractivity contribution in [2.75, 3.05) is 32.7 Å². The molecule has 1 aliphatic heterocycles. The van der Waals surface area contributed by atoms with Crippen LogP contribution < -0.4 is 5.32 Å². The molecule has 0 saturated carbocycles. The zero-order valence-electron chi connectivity index (χ0n) is 16.7. The second kappa shape index (κ2) is 9.82. The molecule has 0 aliphatic carbocycles. The molecule has 2 N–H and O–H groups in total. The topological polar surface area (TPSA) is 81.8 Å². The maximum atomic E-state index is 12.2. The minimum atomic E-state index is -0.282. The Morgan fingerprint density at radius 1 is 1.18 bits per heavy atom. The van der Waals surface area contributed by atoms with E-state index in [4.69, 9.17) is 4.42 Å². The first-order valence-corrected chi connectivity index (χ1v) is 9.90. The molecule has 1 aromatic heterocycles. The summed E-state index contributed by atoms with van der Waals surface area (Å²) in [5, 5.41) is 12.9. The van der Waals surface area contributed by atoms with E-state index in [9.17, 15) is 9.90 Å². The van der Waals surface area contributed by atoms with Gasteiger partial charge in [0.2, 0.25) is 5.89 Å². The lowest BCUT2D eigenvalue weighted by Crippen LogP contribution is -2.48. The highest BCUT2D eigenvalue weighted by Crippen LogP contribution is 2.11. The molecule has 1 aliphatic rings. The third-order valence-electron chi connectivity index (χ3n) is 5.12. The van der Waals surface area contributed by atoms with Crippen LogP contribution in [0, 0.1) is 5.92 Å². The van der Waals surface area contributed by atoms with E-state index in [2.05, 4.69) is 20.1 Å². The number of aromatic nitrogens is 1. The molecule has 2 heterocycles. The lowest BCUT2D eigenvalue weighted by Gasteiger charge is -2.35. The van der Waals surface area contributed by atoms with Gasteiger partial charge in [-0.15, -0.1) is 0 Å². The van der Waals surface area contributed by atoms with Gasteiger partial charge in [-0.3, -0.25) is 14.6 Å². The van der Waals surface area contributed by atoms with Gasteiger partial charge in [0.25, 0.3) is 5.91 Å². The van der Waals surface area contributed by atoms with Crippen LogP contribution in [0.4, 0.5) is 0 Å². The van der Waals surface area contributed by atoms with E-state index in [1.807, 2.05) is 44.2 Å². The Kier molecular flexibility index (Phi) is 7.19. The summed E-state index contributed by atoms with van der Waals surface area (Å²) in [6, 6.07) is 9.77. The largest absolute Gasteiger partial charge is 0.447 e. The minimum Gasteiger partial charge on any atom is -0.447 e. The normalized spacial score (nSPS) is 17.0. The fourth-order valence-corrected chi connectivity index (χ4v) is 3.15. The molecule has 0 spiro atoms. The molecule has 1 atom stereocenters. The van der Waals surface area contributed by atoms with E-state index in [1.165, 1.54) is 6.26 Å². The Bertz CT molecular complexity index is 739. The predicted molar refractivity (Wildman–Crippen MR) is 107 cm³/mol. The number of piperazine rings is 1. The van der Waals surface area contributed by atoms with Crippen LogP contribution in [-0.2, 0) is 13.1 Å². The van der Waals surface area contributed by atoms with Crippen molar-refractivity contribution < 1.29 is 14.3 Å². The molecule has 1 saturated heterocycles. The van der Waals surface area contributed by atoms with Crippen LogP contribution >= 0.6 is 0 Å². The monoisotopic (exact) mass is 386 g/mol. The Morgan fingerprint density at radius 2 is 1.86 bits per heavy atom. The van der Waals surface area contributed by atoms with Crippen molar-refractivity contribution >= 4 is 5.91 Å². The molecule has 0 unspecified atom stereocenters. The number of hydrogen-bond donors (Lipinski definition) is 2. The second-order valence-corrected chi connectivity index (χ2v) is 7.68. The highest BCUT2D eigenvalue weighted by molar-refractivity contribution is 5.91. The first-order valence-electron chi connectivity index (χ1n) is 9.90. The first kappa shape index (κ1) is 20.5. The quantitative estimate of drug-likeness (QED) is 0.719. The van der Waals surface area contributed by atoms with Crippen molar-refractivity contribution in [1.29, 1.82) is 0 Å². The number of aliphatic hydroxyl groups is 1. The van der Waals surface area contributed by atoms with Gasteiger partial charge in [0.05, 0.1) is 12.6 Å². The average molecular weight is 386 g/mol. The molecular weight excluding hydrogens is 356 g/mol. The molecule has 0 radical (unpaired) electrons. The zero-order valence-corrected chi connectivity index (χ0v) is 16.7. The smallest absolute Gasteiger partial charge is 0.273 e. The summed E-state index contributed by atoms with van der Waals surface area (Å²) in [7, 11) is 0. The van der Waals surface area contributed by atoms with Gasteiger partial charge < -0.3 is 14.8 Å². The van der Waals surface area contributed by atoms with Crippen LogP contribution in [0.25, 0.3) is 0 Å². The molecule has 2 aromatic rings. The van der Waals surface area contributed by atoms with E-state index in [0.717, 1.165) is 38.3 Å². The second-order valence-electron chi connectivity index (χ2n) is 7.68. The molecule has 1 aromatic carbocycles. The molecule has 152 valence electrons. The van der Waals surface area contributed by atoms with Crippen molar-refractivity contribution in [3.63, 3.8) is 0 Å². The number of oxazole rings is 1. The number of rotatable bonds is 8. The number of benzene rings is 1. The lowest BCUT2D eigenvalue weighted by molar-refractivity contribution is 0.0463. The molecule has 0 bridgehead atoms. The molecular formula is C21H30N4O3. The number of aliphatic hydroxyl groups excluding tert-OH is 1. The van der Waals surface area contributed by atoms with Crippen LogP contribution in [0.5, 0.6) is 0 Å². The summed E-state index contributed by atoms with van der Waals surface area (Å²) in [6.45, 7) is 9.46. The van der Waals surface area contributed by atoms with Crippen LogP contribution in [0.1, 0.15) is 35.8 Å². The predicted octanol–water partition coefficient (Wildman–Crippen LogP) is 1.74. The molecule has 7 heteroatoms. The van der Waals surface area contributed by atoms with E-state index in [0.29, 0.717) is 24.7 Å². The Balaban J connectivity index is 1.43. The van der Waals surface area contributed by atoms with Gasteiger partial charge in [-0.05, 0) is 11.5 Å². The maximum absolute atomic E-state index is 12.2. The molecule has 1 fully saturated rings. The average Bonchev–Trinajstić information content (AvgIpc) is 3.17. The van der Waals surface area contributed by atoms with E-state index in [-0.39, 0.29) is 17.9 Å². The van der Waals surface area contributed by atoms with Gasteiger partial charge in [0, 0.05) is 39.3 Å². The molecule has 7 nitrogen and oxygen atoms in total. The van der Waals surface area contributed by atoms with E-state index in [1.54, 1.807) is 0 Å². The van der Waals surface area contributed by atoms with E-state index < -0.39 is 0 Å². The van der Waals surface area contributed by atoms with Gasteiger partial charge in [-0.2, -0.15) is 0 Å². The lowest BCUT2D eigenvalue weighted by atomic mass is 10.1. The van der Waals surface area contributed by atoms with Crippen LogP contribution in [0.15, 0.2) is 41.0 Å². The molecule has 28 heavy (non-hydrogen) atoms. The summed E-state index contributed by atoms with van der Waals surface area (Å²) >= 11 is 0. The van der Waals surface area contributed by atoms with E-state index >= 15 is 0 Å². The summed E-state index contributed by atoms with van der Waals surface area (Å²) in [5.41, 5.74) is 1.35. The fraction of sp³-hybridized carbons (Fsp3) is 0.524. The highest BCUT2D eigenvalue weighted by atomic mass is 16.3. The highest BCUT2D eigenvalue weighted by Gasteiger charge is 2.22. The van der Waals surface area contributed by atoms with Gasteiger partial charge in [-0.25, -0.2) is 4.98 Å². The van der Waals surface area contributed by atoms with Crippen molar-refractivity contribution in [1.82, 2.24) is 20.1 Å². The number of nitrogens with zero attached hydrogens (tertiary/aromatic N) is 3. The van der Waals surface area contributed by atoms with Crippen LogP contribution in [0.3, 0.4) is 0 Å². The first-order chi connectivity index (χ1) is 13.5. The molecule has 3 rings (SSSR count). The Hall–Kier alpha value is -2.22. The molecule has 1 amide bonds. The Labute approximate surface area is 166 Å². The minimum absolute atomic E-state index is 0.230. The van der Waals surface area contributed by atoms with Crippen molar-refractivity contribution in [2.24, 2.45) is 5.92 Å². The summed E-state index contributed by atoms with van der Waals surface area (Å²) in [6.07, 6.45) is 1.14. The zero-order chi connectivity index (χ0) is 19.9. The number of β-amino-alcohol motifs (C(OH)–C–C–N with tert-alkyl or cyclic N) is 1. The summed E-state index contributed by atoms with van der Waals surface area (Å²) < 4.78 is 5.50. The number of carbonyl (C=O) groups is 1. The van der Waals surface area contributed by atoms with Crippen LogP contribution in [0.2, 0.25) is 0 Å². The van der Waals surface area contributed by atoms with Gasteiger partial charge in [-0.1, -0.05) is 44.2 Å². The SMILES string of the molecule is CC(C)[C@H](O)CN1CCN(Cc2nc(C(=O)NCc3ccccc3)co2)CC1. The number of amides is 1. The van der Waals surface area contributed by atoms with Crippen LogP contribution in [-0.4, -0.2) is 64.6 Å². The summed E-state index contributed by atoms with van der Waals surface area (Å²) in [5.74, 6) is 0.601. The van der Waals surface area contributed by atoms with Crippen molar-refractivity contribution in [3.05, 3.63) is 53.7 Å². The third-order valence-corrected chi connectivity index (χ3v) is 5.12. The number of nitrogens with one attached hydrogen (secondary N) is 1. The van der Waals surface area contributed by atoms with Gasteiger partial charge >= 0.3 is 0 Å². The Morgan fingerprint density at radius 3 is 2.54 bits per heavy atom. The summed E-state index contributed by atoms with van der Waals surface area (Å²) in [4.78, 5) is 21.1. The van der Waals surface area contributed by atoms with Crippen molar-refractivity contribution in [3.8, 4) is 0 Å². The third kappa shape index (κ3) is 5.89.